The number of benzene rings is 2. The molecule has 2 rings (SSSR count). The van der Waals surface area contributed by atoms with Gasteiger partial charge in [0, 0.05) is 24.2 Å². The highest BCUT2D eigenvalue weighted by Crippen LogP contribution is 2.25. The van der Waals surface area contributed by atoms with Crippen molar-refractivity contribution in [3.05, 3.63) is 68.7 Å². The number of rotatable bonds is 6. The zero-order valence-corrected chi connectivity index (χ0v) is 14.1. The standard InChI is InChI=1S/C17H15ClN2O5/c1-11-2-7-14(18)15(10-11)25-16(21)8-9-19-17(22)12-3-5-13(6-4-12)20(23)24/h2-7,10H,8-9H2,1H3,(H,19,22). The van der Waals surface area contributed by atoms with Gasteiger partial charge in [0.05, 0.1) is 16.4 Å². The van der Waals surface area contributed by atoms with E-state index in [9.17, 15) is 19.7 Å². The van der Waals surface area contributed by atoms with Crippen molar-refractivity contribution in [3.63, 3.8) is 0 Å². The van der Waals surface area contributed by atoms with Crippen LogP contribution in [0.1, 0.15) is 22.3 Å². The summed E-state index contributed by atoms with van der Waals surface area (Å²) in [5, 5.41) is 13.4. The number of hydrogen-bond acceptors (Lipinski definition) is 5. The Morgan fingerprint density at radius 2 is 1.88 bits per heavy atom. The van der Waals surface area contributed by atoms with E-state index in [4.69, 9.17) is 16.3 Å². The van der Waals surface area contributed by atoms with Crippen LogP contribution in [-0.2, 0) is 4.79 Å². The number of nitro benzene ring substituents is 1. The maximum atomic E-state index is 11.9. The molecule has 2 aromatic rings. The summed E-state index contributed by atoms with van der Waals surface area (Å²) in [7, 11) is 0. The summed E-state index contributed by atoms with van der Waals surface area (Å²) < 4.78 is 5.16. The fourth-order valence-corrected chi connectivity index (χ4v) is 2.13. The van der Waals surface area contributed by atoms with Gasteiger partial charge in [-0.15, -0.1) is 0 Å². The van der Waals surface area contributed by atoms with Gasteiger partial charge in [-0.2, -0.15) is 0 Å². The van der Waals surface area contributed by atoms with Gasteiger partial charge in [-0.3, -0.25) is 19.7 Å². The second-order valence-electron chi connectivity index (χ2n) is 5.22. The summed E-state index contributed by atoms with van der Waals surface area (Å²) in [6, 6.07) is 10.2. The quantitative estimate of drug-likeness (QED) is 0.368. The van der Waals surface area contributed by atoms with Crippen molar-refractivity contribution >= 4 is 29.2 Å². The molecule has 0 bridgehead atoms. The van der Waals surface area contributed by atoms with Gasteiger partial charge in [0.15, 0.2) is 0 Å². The van der Waals surface area contributed by atoms with Crippen LogP contribution in [0.2, 0.25) is 5.02 Å². The molecule has 0 aliphatic heterocycles. The largest absolute Gasteiger partial charge is 0.425 e. The summed E-state index contributed by atoms with van der Waals surface area (Å²) >= 11 is 5.94. The lowest BCUT2D eigenvalue weighted by Gasteiger charge is -2.08. The molecule has 25 heavy (non-hydrogen) atoms. The molecule has 0 saturated carbocycles. The van der Waals surface area contributed by atoms with Gasteiger partial charge in [-0.1, -0.05) is 17.7 Å². The molecule has 0 aliphatic rings. The normalized spacial score (nSPS) is 10.2. The summed E-state index contributed by atoms with van der Waals surface area (Å²) in [6.07, 6.45) is -0.0387. The molecule has 0 unspecified atom stereocenters. The molecule has 0 aromatic heterocycles. The fraction of sp³-hybridized carbons (Fsp3) is 0.176. The van der Waals surface area contributed by atoms with E-state index in [1.165, 1.54) is 24.3 Å². The highest BCUT2D eigenvalue weighted by molar-refractivity contribution is 6.32. The number of ether oxygens (including phenoxy) is 1. The molecule has 1 amide bonds. The molecule has 0 atom stereocenters. The minimum atomic E-state index is -0.548. The molecular formula is C17H15ClN2O5. The van der Waals surface area contributed by atoms with E-state index in [1.54, 1.807) is 18.2 Å². The van der Waals surface area contributed by atoms with E-state index >= 15 is 0 Å². The number of non-ortho nitro benzene ring substituents is 1. The highest BCUT2D eigenvalue weighted by Gasteiger charge is 2.12. The molecule has 8 heteroatoms. The van der Waals surface area contributed by atoms with Crippen molar-refractivity contribution in [1.82, 2.24) is 5.32 Å². The maximum Gasteiger partial charge on any atom is 0.313 e. The number of carbonyl (C=O) groups is 2. The number of nitro groups is 1. The third-order valence-corrected chi connectivity index (χ3v) is 3.58. The number of aryl methyl sites for hydroxylation is 1. The average molecular weight is 363 g/mol. The Balaban J connectivity index is 1.83. The van der Waals surface area contributed by atoms with E-state index in [2.05, 4.69) is 5.32 Å². The van der Waals surface area contributed by atoms with E-state index in [0.29, 0.717) is 5.02 Å². The first kappa shape index (κ1) is 18.4. The van der Waals surface area contributed by atoms with Gasteiger partial charge >= 0.3 is 5.97 Å². The van der Waals surface area contributed by atoms with Crippen molar-refractivity contribution in [1.29, 1.82) is 0 Å². The van der Waals surface area contributed by atoms with Gasteiger partial charge in [0.2, 0.25) is 0 Å². The van der Waals surface area contributed by atoms with E-state index in [0.717, 1.165) is 5.56 Å². The molecule has 0 radical (unpaired) electrons. The van der Waals surface area contributed by atoms with Gasteiger partial charge in [-0.05, 0) is 36.8 Å². The van der Waals surface area contributed by atoms with Gasteiger partial charge in [0.1, 0.15) is 5.75 Å². The summed E-state index contributed by atoms with van der Waals surface area (Å²) in [5.74, 6) is -0.693. The Morgan fingerprint density at radius 3 is 2.52 bits per heavy atom. The van der Waals surface area contributed by atoms with Crippen LogP contribution in [0.3, 0.4) is 0 Å². The molecule has 0 fully saturated rings. The van der Waals surface area contributed by atoms with Crippen molar-refractivity contribution in [2.75, 3.05) is 6.54 Å². The number of halogens is 1. The molecular weight excluding hydrogens is 348 g/mol. The third-order valence-electron chi connectivity index (χ3n) is 3.27. The van der Waals surface area contributed by atoms with Crippen LogP contribution >= 0.6 is 11.6 Å². The second-order valence-corrected chi connectivity index (χ2v) is 5.63. The number of esters is 1. The van der Waals surface area contributed by atoms with Crippen LogP contribution in [-0.4, -0.2) is 23.3 Å². The lowest BCUT2D eigenvalue weighted by atomic mass is 10.2. The number of carbonyl (C=O) groups excluding carboxylic acids is 2. The number of hydrogen-bond donors (Lipinski definition) is 1. The first-order valence-electron chi connectivity index (χ1n) is 7.36. The van der Waals surface area contributed by atoms with Gasteiger partial charge in [0.25, 0.3) is 11.6 Å². The summed E-state index contributed by atoms with van der Waals surface area (Å²) in [4.78, 5) is 33.7. The Kier molecular flexibility index (Phi) is 6.08. The lowest BCUT2D eigenvalue weighted by molar-refractivity contribution is -0.384. The van der Waals surface area contributed by atoms with Crippen LogP contribution in [0.15, 0.2) is 42.5 Å². The van der Waals surface area contributed by atoms with Crippen LogP contribution in [0.5, 0.6) is 5.75 Å². The van der Waals surface area contributed by atoms with Crippen molar-refractivity contribution in [2.24, 2.45) is 0 Å². The Bertz CT molecular complexity index is 805. The van der Waals surface area contributed by atoms with Crippen LogP contribution < -0.4 is 10.1 Å². The van der Waals surface area contributed by atoms with Gasteiger partial charge in [-0.25, -0.2) is 0 Å². The first-order chi connectivity index (χ1) is 11.9. The van der Waals surface area contributed by atoms with E-state index < -0.39 is 16.8 Å². The Morgan fingerprint density at radius 1 is 1.20 bits per heavy atom. The monoisotopic (exact) mass is 362 g/mol. The topological polar surface area (TPSA) is 98.5 Å². The molecule has 0 saturated heterocycles. The van der Waals surface area contributed by atoms with Crippen LogP contribution in [0, 0.1) is 17.0 Å². The van der Waals surface area contributed by atoms with Crippen LogP contribution in [0.25, 0.3) is 0 Å². The lowest BCUT2D eigenvalue weighted by Crippen LogP contribution is -2.27. The number of amides is 1. The average Bonchev–Trinajstić information content (AvgIpc) is 2.58. The third kappa shape index (κ3) is 5.29. The first-order valence-corrected chi connectivity index (χ1v) is 7.74. The zero-order chi connectivity index (χ0) is 18.4. The summed E-state index contributed by atoms with van der Waals surface area (Å²) in [5.41, 5.74) is 1.06. The predicted molar refractivity (Wildman–Crippen MR) is 91.9 cm³/mol. The van der Waals surface area contributed by atoms with E-state index in [-0.39, 0.29) is 30.0 Å². The van der Waals surface area contributed by atoms with Crippen molar-refractivity contribution in [2.45, 2.75) is 13.3 Å². The smallest absolute Gasteiger partial charge is 0.313 e. The molecule has 7 nitrogen and oxygen atoms in total. The zero-order valence-electron chi connectivity index (χ0n) is 13.3. The highest BCUT2D eigenvalue weighted by atomic mass is 35.5. The Labute approximate surface area is 148 Å². The molecule has 1 N–H and O–H groups in total. The number of nitrogens with zero attached hydrogens (tertiary/aromatic N) is 1. The summed E-state index contributed by atoms with van der Waals surface area (Å²) in [6.45, 7) is 1.91. The number of nitrogens with one attached hydrogen (secondary N) is 1. The molecule has 0 spiro atoms. The molecule has 130 valence electrons. The SMILES string of the molecule is Cc1ccc(Cl)c(OC(=O)CCNC(=O)c2ccc([N+](=O)[O-])cc2)c1. The molecule has 0 aliphatic carbocycles. The van der Waals surface area contributed by atoms with E-state index in [1.807, 2.05) is 6.92 Å². The molecule has 2 aromatic carbocycles. The van der Waals surface area contributed by atoms with Crippen molar-refractivity contribution < 1.29 is 19.2 Å². The fourth-order valence-electron chi connectivity index (χ4n) is 1.98. The molecule has 0 heterocycles. The van der Waals surface area contributed by atoms with Crippen LogP contribution in [0.4, 0.5) is 5.69 Å². The van der Waals surface area contributed by atoms with Gasteiger partial charge < -0.3 is 10.1 Å². The second kappa shape index (κ2) is 8.25. The minimum Gasteiger partial charge on any atom is -0.425 e. The predicted octanol–water partition coefficient (Wildman–Crippen LogP) is 3.28. The Hall–Kier alpha value is -2.93. The van der Waals surface area contributed by atoms with Crippen molar-refractivity contribution in [3.8, 4) is 5.75 Å². The maximum absolute atomic E-state index is 11.9. The minimum absolute atomic E-state index is 0.0387.